The van der Waals surface area contributed by atoms with Crippen molar-refractivity contribution in [1.82, 2.24) is 4.98 Å². The molecule has 1 fully saturated rings. The van der Waals surface area contributed by atoms with Crippen LogP contribution < -0.4 is 5.73 Å². The molecule has 2 atom stereocenters. The van der Waals surface area contributed by atoms with Crippen LogP contribution in [-0.2, 0) is 16.8 Å². The number of hydrogen-bond donors (Lipinski definition) is 2. The number of primary amides is 1. The van der Waals surface area contributed by atoms with Gasteiger partial charge in [-0.15, -0.1) is 0 Å². The van der Waals surface area contributed by atoms with Gasteiger partial charge in [0.15, 0.2) is 5.58 Å². The largest absolute Gasteiger partial charge is 0.438 e. The first-order chi connectivity index (χ1) is 15.0. The highest BCUT2D eigenvalue weighted by atomic mass is 16.4. The maximum atomic E-state index is 12.0. The first-order valence-electron chi connectivity index (χ1n) is 11.4. The maximum Gasteiger partial charge on any atom is 0.227 e. The topological polar surface area (TPSA) is 89.4 Å². The van der Waals surface area contributed by atoms with Gasteiger partial charge in [0.1, 0.15) is 11.1 Å². The van der Waals surface area contributed by atoms with Crippen molar-refractivity contribution in [2.24, 2.45) is 17.6 Å². The Bertz CT molecular complexity index is 961. The fraction of sp³-hybridized carbons (Fsp3) is 0.462. The maximum absolute atomic E-state index is 12.0. The van der Waals surface area contributed by atoms with E-state index in [0.717, 1.165) is 23.9 Å². The van der Waals surface area contributed by atoms with Crippen molar-refractivity contribution in [3.63, 3.8) is 0 Å². The van der Waals surface area contributed by atoms with Gasteiger partial charge in [-0.1, -0.05) is 74.6 Å². The zero-order chi connectivity index (χ0) is 21.7. The van der Waals surface area contributed by atoms with E-state index >= 15 is 0 Å². The van der Waals surface area contributed by atoms with E-state index < -0.39 is 5.60 Å². The summed E-state index contributed by atoms with van der Waals surface area (Å²) in [5.41, 5.74) is 6.92. The van der Waals surface area contributed by atoms with E-state index in [2.05, 4.69) is 17.1 Å². The average molecular weight is 421 g/mol. The molecule has 1 amide bonds. The summed E-state index contributed by atoms with van der Waals surface area (Å²) in [6.45, 7) is 0. The van der Waals surface area contributed by atoms with Crippen LogP contribution in [0.3, 0.4) is 0 Å². The number of rotatable bonds is 9. The standard InChI is InChI=1S/C26H32N2O3/c27-24(29)17-21(20-11-5-2-6-12-20)18-26(30,16-15-19-9-3-1-4-10-19)25-28-22-13-7-8-14-23(22)31-25/h1,3-4,7-10,13-14,20-21,30H,2,5-6,11-12,15-18H2,(H2,27,29). The Morgan fingerprint density at radius 3 is 2.52 bits per heavy atom. The quantitative estimate of drug-likeness (QED) is 0.503. The fourth-order valence-corrected chi connectivity index (χ4v) is 5.07. The van der Waals surface area contributed by atoms with E-state index in [1.165, 1.54) is 19.3 Å². The molecular weight excluding hydrogens is 388 g/mol. The van der Waals surface area contributed by atoms with E-state index in [-0.39, 0.29) is 11.8 Å². The molecule has 4 rings (SSSR count). The van der Waals surface area contributed by atoms with Crippen LogP contribution in [0.4, 0.5) is 0 Å². The monoisotopic (exact) mass is 420 g/mol. The molecule has 3 aromatic rings. The van der Waals surface area contributed by atoms with E-state index in [1.807, 2.05) is 42.5 Å². The normalized spacial score (nSPS) is 18.0. The molecule has 1 saturated carbocycles. The lowest BCUT2D eigenvalue weighted by Gasteiger charge is -2.35. The number of aromatic nitrogens is 1. The Morgan fingerprint density at radius 1 is 1.10 bits per heavy atom. The van der Waals surface area contributed by atoms with Crippen LogP contribution in [0.5, 0.6) is 0 Å². The van der Waals surface area contributed by atoms with Gasteiger partial charge >= 0.3 is 0 Å². The van der Waals surface area contributed by atoms with Gasteiger partial charge in [0.05, 0.1) is 0 Å². The molecule has 1 aliphatic rings. The van der Waals surface area contributed by atoms with Gasteiger partial charge in [-0.25, -0.2) is 4.98 Å². The fourth-order valence-electron chi connectivity index (χ4n) is 5.07. The van der Waals surface area contributed by atoms with Gasteiger partial charge in [0, 0.05) is 6.42 Å². The summed E-state index contributed by atoms with van der Waals surface area (Å²) in [7, 11) is 0. The molecule has 2 aromatic carbocycles. The number of nitrogens with zero attached hydrogens (tertiary/aromatic N) is 1. The first-order valence-corrected chi connectivity index (χ1v) is 11.4. The number of carbonyl (C=O) groups is 1. The number of nitrogens with two attached hydrogens (primary N) is 1. The Balaban J connectivity index is 1.64. The summed E-state index contributed by atoms with van der Waals surface area (Å²) >= 11 is 0. The van der Waals surface area contributed by atoms with E-state index in [0.29, 0.717) is 43.1 Å². The van der Waals surface area contributed by atoms with Crippen molar-refractivity contribution in [2.75, 3.05) is 0 Å². The van der Waals surface area contributed by atoms with Crippen molar-refractivity contribution < 1.29 is 14.3 Å². The Morgan fingerprint density at radius 2 is 1.81 bits per heavy atom. The number of benzene rings is 2. The second kappa shape index (κ2) is 9.65. The van der Waals surface area contributed by atoms with Crippen LogP contribution in [0.25, 0.3) is 11.1 Å². The van der Waals surface area contributed by atoms with E-state index in [4.69, 9.17) is 10.2 Å². The van der Waals surface area contributed by atoms with Gasteiger partial charge in [-0.05, 0) is 48.8 Å². The molecule has 1 aliphatic carbocycles. The summed E-state index contributed by atoms with van der Waals surface area (Å²) in [4.78, 5) is 16.5. The molecule has 0 aliphatic heterocycles. The summed E-state index contributed by atoms with van der Waals surface area (Å²) < 4.78 is 6.04. The number of hydrogen-bond acceptors (Lipinski definition) is 4. The van der Waals surface area contributed by atoms with Crippen LogP contribution in [0, 0.1) is 11.8 Å². The van der Waals surface area contributed by atoms with Gasteiger partial charge in [-0.3, -0.25) is 4.79 Å². The highest BCUT2D eigenvalue weighted by molar-refractivity contribution is 5.74. The summed E-state index contributed by atoms with van der Waals surface area (Å²) in [6.07, 6.45) is 7.65. The van der Waals surface area contributed by atoms with Gasteiger partial charge < -0.3 is 15.3 Å². The highest BCUT2D eigenvalue weighted by Crippen LogP contribution is 2.41. The van der Waals surface area contributed by atoms with Crippen LogP contribution in [0.1, 0.15) is 62.8 Å². The predicted octanol–water partition coefficient (Wildman–Crippen LogP) is 5.11. The molecule has 0 bridgehead atoms. The molecule has 164 valence electrons. The average Bonchev–Trinajstić information content (AvgIpc) is 3.24. The molecule has 1 aromatic heterocycles. The van der Waals surface area contributed by atoms with Crippen molar-refractivity contribution in [3.05, 3.63) is 66.1 Å². The molecule has 1 heterocycles. The third-order valence-corrected chi connectivity index (χ3v) is 6.74. The Kier molecular flexibility index (Phi) is 6.71. The van der Waals surface area contributed by atoms with Crippen molar-refractivity contribution in [2.45, 2.75) is 63.4 Å². The molecule has 0 radical (unpaired) electrons. The molecule has 31 heavy (non-hydrogen) atoms. The smallest absolute Gasteiger partial charge is 0.227 e. The van der Waals surface area contributed by atoms with Gasteiger partial charge in [0.25, 0.3) is 0 Å². The molecule has 0 spiro atoms. The third kappa shape index (κ3) is 5.34. The van der Waals surface area contributed by atoms with Crippen LogP contribution in [0.2, 0.25) is 0 Å². The minimum Gasteiger partial charge on any atom is -0.438 e. The molecule has 2 unspecified atom stereocenters. The molecule has 0 saturated heterocycles. The zero-order valence-electron chi connectivity index (χ0n) is 18.0. The SMILES string of the molecule is NC(=O)CC(CC(O)(CCc1ccccc1)c1nc2ccccc2o1)C1CCCCC1. The van der Waals surface area contributed by atoms with Crippen molar-refractivity contribution >= 4 is 17.0 Å². The third-order valence-electron chi connectivity index (χ3n) is 6.74. The van der Waals surface area contributed by atoms with Crippen LogP contribution in [-0.4, -0.2) is 16.0 Å². The molecule has 3 N–H and O–H groups in total. The lowest BCUT2D eigenvalue weighted by molar-refractivity contribution is -0.120. The Hall–Kier alpha value is -2.66. The predicted molar refractivity (Wildman–Crippen MR) is 121 cm³/mol. The van der Waals surface area contributed by atoms with Crippen LogP contribution >= 0.6 is 0 Å². The number of fused-ring (bicyclic) bond motifs is 1. The molecular formula is C26H32N2O3. The highest BCUT2D eigenvalue weighted by Gasteiger charge is 2.40. The number of amides is 1. The van der Waals surface area contributed by atoms with E-state index in [9.17, 15) is 9.90 Å². The lowest BCUT2D eigenvalue weighted by Crippen LogP contribution is -2.35. The minimum atomic E-state index is -1.26. The van der Waals surface area contributed by atoms with Crippen molar-refractivity contribution in [1.29, 1.82) is 0 Å². The summed E-state index contributed by atoms with van der Waals surface area (Å²) in [5, 5.41) is 12.0. The minimum absolute atomic E-state index is 0.0218. The zero-order valence-corrected chi connectivity index (χ0v) is 18.0. The number of aryl methyl sites for hydroxylation is 1. The van der Waals surface area contributed by atoms with Gasteiger partial charge in [0.2, 0.25) is 11.8 Å². The Labute approximate surface area is 183 Å². The number of para-hydroxylation sites is 2. The second-order valence-electron chi connectivity index (χ2n) is 9.04. The number of aliphatic hydroxyl groups is 1. The number of carbonyl (C=O) groups excluding carboxylic acids is 1. The van der Waals surface area contributed by atoms with Gasteiger partial charge in [-0.2, -0.15) is 0 Å². The second-order valence-corrected chi connectivity index (χ2v) is 9.04. The molecule has 5 nitrogen and oxygen atoms in total. The van der Waals surface area contributed by atoms with Crippen LogP contribution in [0.15, 0.2) is 59.0 Å². The number of oxazole rings is 1. The summed E-state index contributed by atoms with van der Waals surface area (Å²) in [5.74, 6) is 0.455. The lowest BCUT2D eigenvalue weighted by atomic mass is 9.72. The van der Waals surface area contributed by atoms with Crippen molar-refractivity contribution in [3.8, 4) is 0 Å². The van der Waals surface area contributed by atoms with E-state index in [1.54, 1.807) is 0 Å². The summed E-state index contributed by atoms with van der Waals surface area (Å²) in [6, 6.07) is 17.7. The first kappa shape index (κ1) is 21.6. The molecule has 5 heteroatoms.